The van der Waals surface area contributed by atoms with E-state index in [1.54, 1.807) is 18.5 Å². The van der Waals surface area contributed by atoms with Crippen molar-refractivity contribution in [3.8, 4) is 0 Å². The maximum absolute atomic E-state index is 12.1. The third-order valence-electron chi connectivity index (χ3n) is 3.68. The molecule has 2 N–H and O–H groups in total. The Hall–Kier alpha value is -3.02. The second-order valence-electron chi connectivity index (χ2n) is 5.52. The van der Waals surface area contributed by atoms with Crippen LogP contribution in [0.15, 0.2) is 48.8 Å². The molecule has 0 unspecified atom stereocenters. The Balaban J connectivity index is 1.61. The minimum atomic E-state index is -0.158. The number of carbonyl (C=O) groups excluding carboxylic acids is 1. The molecule has 4 rings (SSSR count). The summed E-state index contributed by atoms with van der Waals surface area (Å²) in [4.78, 5) is 24.9. The van der Waals surface area contributed by atoms with E-state index in [1.165, 1.54) is 0 Å². The van der Waals surface area contributed by atoms with Crippen LogP contribution in [0.4, 0.5) is 11.6 Å². The molecule has 23 heavy (non-hydrogen) atoms. The number of aromatic nitrogens is 3. The van der Waals surface area contributed by atoms with Gasteiger partial charge in [-0.15, -0.1) is 0 Å². The molecule has 114 valence electrons. The van der Waals surface area contributed by atoms with E-state index in [9.17, 15) is 4.79 Å². The summed E-state index contributed by atoms with van der Waals surface area (Å²) >= 11 is 0. The molecule has 0 atom stereocenters. The number of pyridine rings is 1. The van der Waals surface area contributed by atoms with Crippen molar-refractivity contribution in [3.05, 3.63) is 54.5 Å². The Labute approximate surface area is 133 Å². The number of nitrogens with one attached hydrogen (secondary N) is 2. The molecule has 0 aliphatic heterocycles. The largest absolute Gasteiger partial charge is 0.348 e. The Morgan fingerprint density at radius 1 is 1.04 bits per heavy atom. The Kier molecular flexibility index (Phi) is 3.34. The summed E-state index contributed by atoms with van der Waals surface area (Å²) in [5, 5.41) is 7.10. The predicted octanol–water partition coefficient (Wildman–Crippen LogP) is 2.66. The average molecular weight is 305 g/mol. The molecule has 2 aromatic heterocycles. The molecule has 0 bridgehead atoms. The number of hydrogen-bond donors (Lipinski definition) is 2. The van der Waals surface area contributed by atoms with Crippen molar-refractivity contribution in [1.29, 1.82) is 0 Å². The normalized spacial score (nSPS) is 13.7. The van der Waals surface area contributed by atoms with Gasteiger partial charge in [0.25, 0.3) is 5.91 Å². The van der Waals surface area contributed by atoms with E-state index < -0.39 is 0 Å². The number of anilines is 2. The van der Waals surface area contributed by atoms with Crippen molar-refractivity contribution >= 4 is 28.4 Å². The van der Waals surface area contributed by atoms with Crippen molar-refractivity contribution < 1.29 is 4.79 Å². The number of carbonyl (C=O) groups is 1. The number of para-hydroxylation sites is 1. The predicted molar refractivity (Wildman–Crippen MR) is 87.5 cm³/mol. The molecule has 1 aromatic carbocycles. The molecule has 1 saturated carbocycles. The summed E-state index contributed by atoms with van der Waals surface area (Å²) < 4.78 is 0. The second-order valence-corrected chi connectivity index (χ2v) is 5.52. The summed E-state index contributed by atoms with van der Waals surface area (Å²) in [5.74, 6) is 0.223. The molecule has 0 radical (unpaired) electrons. The molecular formula is C17H15N5O. The second kappa shape index (κ2) is 5.64. The highest BCUT2D eigenvalue weighted by Crippen LogP contribution is 2.23. The SMILES string of the molecule is O=C(NC1CC1)c1ccnc(Nc2cccc3cccnc23)n1. The van der Waals surface area contributed by atoms with E-state index in [0.717, 1.165) is 29.4 Å². The molecule has 0 spiro atoms. The lowest BCUT2D eigenvalue weighted by Crippen LogP contribution is -2.26. The Morgan fingerprint density at radius 2 is 1.91 bits per heavy atom. The monoisotopic (exact) mass is 305 g/mol. The molecule has 1 aliphatic rings. The number of fused-ring (bicyclic) bond motifs is 1. The zero-order valence-corrected chi connectivity index (χ0v) is 12.4. The standard InChI is InChI=1S/C17H15N5O/c23-16(20-12-6-7-12)14-8-10-19-17(22-14)21-13-5-1-3-11-4-2-9-18-15(11)13/h1-5,8-10,12H,6-7H2,(H,20,23)(H,19,21,22). The van der Waals surface area contributed by atoms with Gasteiger partial charge in [-0.25, -0.2) is 9.97 Å². The van der Waals surface area contributed by atoms with Crippen molar-refractivity contribution in [2.24, 2.45) is 0 Å². The van der Waals surface area contributed by atoms with Crippen LogP contribution in [0.1, 0.15) is 23.3 Å². The van der Waals surface area contributed by atoms with Crippen molar-refractivity contribution in [2.45, 2.75) is 18.9 Å². The van der Waals surface area contributed by atoms with Gasteiger partial charge in [0.2, 0.25) is 5.95 Å². The van der Waals surface area contributed by atoms with E-state index in [2.05, 4.69) is 25.6 Å². The molecule has 6 nitrogen and oxygen atoms in total. The van der Waals surface area contributed by atoms with E-state index in [1.807, 2.05) is 30.3 Å². The van der Waals surface area contributed by atoms with Crippen LogP contribution in [0.5, 0.6) is 0 Å². The van der Waals surface area contributed by atoms with E-state index in [-0.39, 0.29) is 5.91 Å². The number of rotatable bonds is 4. The van der Waals surface area contributed by atoms with E-state index in [4.69, 9.17) is 0 Å². The summed E-state index contributed by atoms with van der Waals surface area (Å²) in [5.41, 5.74) is 2.01. The fraction of sp³-hybridized carbons (Fsp3) is 0.176. The van der Waals surface area contributed by atoms with Gasteiger partial charge >= 0.3 is 0 Å². The minimum absolute atomic E-state index is 0.158. The molecular weight excluding hydrogens is 290 g/mol. The van der Waals surface area contributed by atoms with Gasteiger partial charge in [0, 0.05) is 23.8 Å². The summed E-state index contributed by atoms with van der Waals surface area (Å²) in [6, 6.07) is 11.7. The van der Waals surface area contributed by atoms with Crippen LogP contribution in [-0.2, 0) is 0 Å². The van der Waals surface area contributed by atoms with Crippen molar-refractivity contribution in [3.63, 3.8) is 0 Å². The molecule has 1 fully saturated rings. The van der Waals surface area contributed by atoms with Crippen molar-refractivity contribution in [2.75, 3.05) is 5.32 Å². The topological polar surface area (TPSA) is 79.8 Å². The highest BCUT2D eigenvalue weighted by Gasteiger charge is 2.24. The minimum Gasteiger partial charge on any atom is -0.348 e. The van der Waals surface area contributed by atoms with Crippen LogP contribution >= 0.6 is 0 Å². The van der Waals surface area contributed by atoms with E-state index >= 15 is 0 Å². The lowest BCUT2D eigenvalue weighted by molar-refractivity contribution is 0.0946. The van der Waals surface area contributed by atoms with Gasteiger partial charge in [0.05, 0.1) is 11.2 Å². The van der Waals surface area contributed by atoms with Gasteiger partial charge in [-0.2, -0.15) is 0 Å². The van der Waals surface area contributed by atoms with Crippen LogP contribution < -0.4 is 10.6 Å². The van der Waals surface area contributed by atoms with Gasteiger partial charge in [0.15, 0.2) is 0 Å². The van der Waals surface area contributed by atoms with Gasteiger partial charge in [-0.05, 0) is 31.0 Å². The van der Waals surface area contributed by atoms with Gasteiger partial charge < -0.3 is 10.6 Å². The van der Waals surface area contributed by atoms with Crippen molar-refractivity contribution in [1.82, 2.24) is 20.3 Å². The molecule has 1 amide bonds. The highest BCUT2D eigenvalue weighted by atomic mass is 16.2. The summed E-state index contributed by atoms with van der Waals surface area (Å²) in [6.07, 6.45) is 5.41. The fourth-order valence-corrected chi connectivity index (χ4v) is 2.36. The third kappa shape index (κ3) is 2.96. The van der Waals surface area contributed by atoms with Crippen LogP contribution in [0.3, 0.4) is 0 Å². The third-order valence-corrected chi connectivity index (χ3v) is 3.68. The van der Waals surface area contributed by atoms with Crippen LogP contribution in [-0.4, -0.2) is 26.9 Å². The molecule has 0 saturated heterocycles. The first-order valence-corrected chi connectivity index (χ1v) is 7.54. The fourth-order valence-electron chi connectivity index (χ4n) is 2.36. The van der Waals surface area contributed by atoms with Gasteiger partial charge in [0.1, 0.15) is 5.69 Å². The number of hydrogen-bond acceptors (Lipinski definition) is 5. The number of benzene rings is 1. The van der Waals surface area contributed by atoms with Crippen LogP contribution in [0, 0.1) is 0 Å². The maximum atomic E-state index is 12.1. The Morgan fingerprint density at radius 3 is 2.78 bits per heavy atom. The lowest BCUT2D eigenvalue weighted by Gasteiger charge is -2.08. The zero-order valence-electron chi connectivity index (χ0n) is 12.4. The first-order chi connectivity index (χ1) is 11.3. The summed E-state index contributed by atoms with van der Waals surface area (Å²) in [7, 11) is 0. The van der Waals surface area contributed by atoms with Gasteiger partial charge in [-0.3, -0.25) is 9.78 Å². The molecule has 3 aromatic rings. The smallest absolute Gasteiger partial charge is 0.270 e. The number of nitrogens with zero attached hydrogens (tertiary/aromatic N) is 3. The summed E-state index contributed by atoms with van der Waals surface area (Å²) in [6.45, 7) is 0. The first-order valence-electron chi connectivity index (χ1n) is 7.54. The van der Waals surface area contributed by atoms with Crippen LogP contribution in [0.2, 0.25) is 0 Å². The maximum Gasteiger partial charge on any atom is 0.270 e. The lowest BCUT2D eigenvalue weighted by atomic mass is 10.2. The quantitative estimate of drug-likeness (QED) is 0.774. The van der Waals surface area contributed by atoms with E-state index in [0.29, 0.717) is 17.7 Å². The molecule has 2 heterocycles. The van der Waals surface area contributed by atoms with Gasteiger partial charge in [-0.1, -0.05) is 18.2 Å². The molecule has 1 aliphatic carbocycles. The number of amides is 1. The average Bonchev–Trinajstić information content (AvgIpc) is 3.39. The zero-order chi connectivity index (χ0) is 15.6. The first kappa shape index (κ1) is 13.6. The highest BCUT2D eigenvalue weighted by molar-refractivity contribution is 5.93. The van der Waals surface area contributed by atoms with Crippen LogP contribution in [0.25, 0.3) is 10.9 Å². The molecule has 6 heteroatoms. The Bertz CT molecular complexity index is 870.